The molecule has 12 heteroatoms. The van der Waals surface area contributed by atoms with Crippen LogP contribution in [0.25, 0.3) is 0 Å². The van der Waals surface area contributed by atoms with E-state index in [-0.39, 0.29) is 37.2 Å². The lowest BCUT2D eigenvalue weighted by molar-refractivity contribution is -0.155. The van der Waals surface area contributed by atoms with Gasteiger partial charge >= 0.3 is 24.4 Å². The van der Waals surface area contributed by atoms with Crippen molar-refractivity contribution in [3.8, 4) is 11.5 Å². The van der Waals surface area contributed by atoms with Crippen molar-refractivity contribution in [1.82, 2.24) is 0 Å². The van der Waals surface area contributed by atoms with E-state index in [0.29, 0.717) is 24.8 Å². The number of esters is 1. The fourth-order valence-corrected chi connectivity index (χ4v) is 3.32. The van der Waals surface area contributed by atoms with Gasteiger partial charge in [0.2, 0.25) is 0 Å². The zero-order chi connectivity index (χ0) is 31.5. The SMILES string of the molecule is CCCCCOC(=O)Oc1ccc(C[C@H](N)C(=O)O[C@@H](C)[C@H](C)OC(=O)OC(C)CC)cc1OC(=O)OCCCCC. The summed E-state index contributed by atoms with van der Waals surface area (Å²) in [5, 5.41) is 0. The number of carbonyl (C=O) groups excluding carboxylic acids is 4. The van der Waals surface area contributed by atoms with Crippen molar-refractivity contribution in [1.29, 1.82) is 0 Å². The molecule has 0 spiro atoms. The zero-order valence-electron chi connectivity index (χ0n) is 25.7. The minimum Gasteiger partial charge on any atom is -0.458 e. The van der Waals surface area contributed by atoms with E-state index < -0.39 is 42.7 Å². The maximum Gasteiger partial charge on any atom is 0.513 e. The Bertz CT molecular complexity index is 984. The highest BCUT2D eigenvalue weighted by Gasteiger charge is 2.26. The van der Waals surface area contributed by atoms with Gasteiger partial charge in [-0.05, 0) is 64.2 Å². The minimum absolute atomic E-state index is 0.000496. The fraction of sp³-hybridized carbons (Fsp3) is 0.667. The predicted molar refractivity (Wildman–Crippen MR) is 153 cm³/mol. The average molecular weight is 598 g/mol. The molecule has 0 aliphatic rings. The van der Waals surface area contributed by atoms with Crippen LogP contribution in [0.3, 0.4) is 0 Å². The van der Waals surface area contributed by atoms with Crippen LogP contribution in [0.1, 0.15) is 92.1 Å². The van der Waals surface area contributed by atoms with Gasteiger partial charge in [-0.1, -0.05) is 52.5 Å². The summed E-state index contributed by atoms with van der Waals surface area (Å²) in [5.41, 5.74) is 6.57. The largest absolute Gasteiger partial charge is 0.513 e. The van der Waals surface area contributed by atoms with Crippen LogP contribution in [-0.2, 0) is 34.9 Å². The molecule has 0 amide bonds. The second-order valence-corrected chi connectivity index (χ2v) is 9.96. The van der Waals surface area contributed by atoms with Crippen molar-refractivity contribution in [2.45, 2.75) is 117 Å². The monoisotopic (exact) mass is 597 g/mol. The average Bonchev–Trinajstić information content (AvgIpc) is 2.94. The van der Waals surface area contributed by atoms with Gasteiger partial charge in [0.05, 0.1) is 13.2 Å². The summed E-state index contributed by atoms with van der Waals surface area (Å²) >= 11 is 0. The summed E-state index contributed by atoms with van der Waals surface area (Å²) in [6.45, 7) is 11.2. The Labute approximate surface area is 248 Å². The van der Waals surface area contributed by atoms with Crippen LogP contribution in [0.4, 0.5) is 14.4 Å². The van der Waals surface area contributed by atoms with E-state index in [0.717, 1.165) is 25.7 Å². The second-order valence-electron chi connectivity index (χ2n) is 9.96. The molecule has 1 unspecified atom stereocenters. The van der Waals surface area contributed by atoms with Crippen LogP contribution in [0.15, 0.2) is 18.2 Å². The molecule has 2 N–H and O–H groups in total. The van der Waals surface area contributed by atoms with Gasteiger partial charge in [-0.15, -0.1) is 0 Å². The van der Waals surface area contributed by atoms with E-state index in [9.17, 15) is 19.2 Å². The van der Waals surface area contributed by atoms with Crippen molar-refractivity contribution in [3.05, 3.63) is 23.8 Å². The van der Waals surface area contributed by atoms with Crippen molar-refractivity contribution in [2.24, 2.45) is 5.73 Å². The molecular weight excluding hydrogens is 550 g/mol. The van der Waals surface area contributed by atoms with E-state index in [1.54, 1.807) is 26.8 Å². The molecule has 4 atom stereocenters. The maximum atomic E-state index is 12.7. The summed E-state index contributed by atoms with van der Waals surface area (Å²) < 4.78 is 36.4. The molecule has 0 radical (unpaired) electrons. The van der Waals surface area contributed by atoms with E-state index >= 15 is 0 Å². The molecule has 0 aromatic heterocycles. The molecule has 238 valence electrons. The summed E-state index contributed by atoms with van der Waals surface area (Å²) in [5.74, 6) is -0.902. The highest BCUT2D eigenvalue weighted by Crippen LogP contribution is 2.30. The number of hydrogen-bond donors (Lipinski definition) is 1. The van der Waals surface area contributed by atoms with Crippen LogP contribution in [0, 0.1) is 0 Å². The molecule has 12 nitrogen and oxygen atoms in total. The van der Waals surface area contributed by atoms with Crippen molar-refractivity contribution in [2.75, 3.05) is 13.2 Å². The van der Waals surface area contributed by atoms with Gasteiger partial charge < -0.3 is 38.9 Å². The molecule has 0 aliphatic carbocycles. The van der Waals surface area contributed by atoms with E-state index in [4.69, 9.17) is 38.9 Å². The Balaban J connectivity index is 2.87. The molecule has 1 rings (SSSR count). The zero-order valence-corrected chi connectivity index (χ0v) is 25.7. The van der Waals surface area contributed by atoms with Crippen molar-refractivity contribution < 1.29 is 52.3 Å². The summed E-state index contributed by atoms with van der Waals surface area (Å²) in [7, 11) is 0. The van der Waals surface area contributed by atoms with Gasteiger partial charge in [0.1, 0.15) is 24.4 Å². The standard InChI is InChI=1S/C30H47NO11/c1-7-10-12-16-36-28(33)41-25-15-14-23(19-26(25)42-29(34)37-17-13-11-8-2)18-24(31)27(32)39-21(5)22(6)40-30(35)38-20(4)9-3/h14-15,19-22,24H,7-13,16-18,31H2,1-6H3/t20?,21-,22-,24-/m0/s1. The first kappa shape index (κ1) is 36.5. The topological polar surface area (TPSA) is 159 Å². The number of carbonyl (C=O) groups is 4. The lowest BCUT2D eigenvalue weighted by atomic mass is 10.1. The molecule has 1 aromatic carbocycles. The van der Waals surface area contributed by atoms with Gasteiger partial charge in [-0.2, -0.15) is 0 Å². The first-order chi connectivity index (χ1) is 20.0. The third-order valence-corrected chi connectivity index (χ3v) is 6.21. The van der Waals surface area contributed by atoms with Crippen molar-refractivity contribution >= 4 is 24.4 Å². The maximum absolute atomic E-state index is 12.7. The Morgan fingerprint density at radius 2 is 1.26 bits per heavy atom. The number of unbranched alkanes of at least 4 members (excludes halogenated alkanes) is 4. The summed E-state index contributed by atoms with van der Waals surface area (Å²) in [6, 6.07) is 3.28. The van der Waals surface area contributed by atoms with Gasteiger partial charge in [-0.3, -0.25) is 4.79 Å². The molecule has 0 fully saturated rings. The Morgan fingerprint density at radius 1 is 0.714 bits per heavy atom. The highest BCUT2D eigenvalue weighted by atomic mass is 16.8. The van der Waals surface area contributed by atoms with Crippen LogP contribution >= 0.6 is 0 Å². The van der Waals surface area contributed by atoms with Gasteiger partial charge in [0.25, 0.3) is 0 Å². The fourth-order valence-electron chi connectivity index (χ4n) is 3.32. The molecule has 42 heavy (non-hydrogen) atoms. The van der Waals surface area contributed by atoms with Gasteiger partial charge in [-0.25, -0.2) is 14.4 Å². The van der Waals surface area contributed by atoms with E-state index in [2.05, 4.69) is 0 Å². The summed E-state index contributed by atoms with van der Waals surface area (Å²) in [6.07, 6.45) is 1.06. The van der Waals surface area contributed by atoms with E-state index in [1.807, 2.05) is 20.8 Å². The Kier molecular flexibility index (Phi) is 17.7. The third kappa shape index (κ3) is 14.9. The van der Waals surface area contributed by atoms with Gasteiger partial charge in [0.15, 0.2) is 11.5 Å². The highest BCUT2D eigenvalue weighted by molar-refractivity contribution is 5.76. The van der Waals surface area contributed by atoms with Crippen LogP contribution in [-0.4, -0.2) is 62.0 Å². The normalized spacial score (nSPS) is 13.6. The predicted octanol–water partition coefficient (Wildman–Crippen LogP) is 6.24. The van der Waals surface area contributed by atoms with Crippen molar-refractivity contribution in [3.63, 3.8) is 0 Å². The molecular formula is C30H47NO11. The lowest BCUT2D eigenvalue weighted by Crippen LogP contribution is -2.39. The Hall–Kier alpha value is -3.54. The molecule has 0 heterocycles. The molecule has 0 saturated carbocycles. The molecule has 0 saturated heterocycles. The minimum atomic E-state index is -1.10. The first-order valence-corrected chi connectivity index (χ1v) is 14.7. The lowest BCUT2D eigenvalue weighted by Gasteiger charge is -2.23. The number of ether oxygens (including phenoxy) is 7. The number of hydrogen-bond acceptors (Lipinski definition) is 12. The van der Waals surface area contributed by atoms with Gasteiger partial charge in [0, 0.05) is 0 Å². The number of benzene rings is 1. The Morgan fingerprint density at radius 3 is 1.81 bits per heavy atom. The quantitative estimate of drug-likeness (QED) is 0.0879. The molecule has 0 aliphatic heterocycles. The molecule has 1 aromatic rings. The van der Waals surface area contributed by atoms with Crippen LogP contribution in [0.5, 0.6) is 11.5 Å². The number of rotatable bonds is 18. The second kappa shape index (κ2) is 20.4. The number of nitrogens with two attached hydrogens (primary N) is 1. The third-order valence-electron chi connectivity index (χ3n) is 6.21. The van der Waals surface area contributed by atoms with Crippen LogP contribution < -0.4 is 15.2 Å². The van der Waals surface area contributed by atoms with E-state index in [1.165, 1.54) is 12.1 Å². The summed E-state index contributed by atoms with van der Waals surface area (Å²) in [4.78, 5) is 49.0. The van der Waals surface area contributed by atoms with Crippen LogP contribution in [0.2, 0.25) is 0 Å². The molecule has 0 bridgehead atoms. The first-order valence-electron chi connectivity index (χ1n) is 14.7. The smallest absolute Gasteiger partial charge is 0.458 e.